The number of halogens is 1. The van der Waals surface area contributed by atoms with Crippen LogP contribution in [-0.2, 0) is 11.2 Å². The van der Waals surface area contributed by atoms with Crippen molar-refractivity contribution in [2.45, 2.75) is 39.7 Å². The van der Waals surface area contributed by atoms with Crippen LogP contribution in [-0.4, -0.2) is 31.5 Å². The molecule has 1 atom stereocenters. The average Bonchev–Trinajstić information content (AvgIpc) is 2.51. The van der Waals surface area contributed by atoms with E-state index in [0.717, 1.165) is 18.5 Å². The number of hydrogen-bond donors (Lipinski definition) is 3. The normalized spacial score (nSPS) is 12.1. The zero-order chi connectivity index (χ0) is 15.7. The highest BCUT2D eigenvalue weighted by molar-refractivity contribution is 14.0. The van der Waals surface area contributed by atoms with Crippen molar-refractivity contribution in [3.05, 3.63) is 29.8 Å². The number of aliphatic imine (C=N–C) groups is 1. The summed E-state index contributed by atoms with van der Waals surface area (Å²) in [4.78, 5) is 16.0. The molecule has 3 N–H and O–H groups in total. The first-order valence-corrected chi connectivity index (χ1v) is 7.45. The Labute approximate surface area is 150 Å². The second-order valence-electron chi connectivity index (χ2n) is 4.98. The molecule has 0 radical (unpaired) electrons. The van der Waals surface area contributed by atoms with Gasteiger partial charge in [-0.25, -0.2) is 0 Å². The summed E-state index contributed by atoms with van der Waals surface area (Å²) in [6, 6.07) is 8.20. The van der Waals surface area contributed by atoms with E-state index in [1.165, 1.54) is 5.56 Å². The molecule has 6 heteroatoms. The summed E-state index contributed by atoms with van der Waals surface area (Å²) in [6.45, 7) is 6.45. The number of aryl methyl sites for hydroxylation is 1. The largest absolute Gasteiger partial charge is 0.354 e. The highest BCUT2D eigenvalue weighted by Crippen LogP contribution is 2.10. The maximum atomic E-state index is 11.9. The van der Waals surface area contributed by atoms with Crippen molar-refractivity contribution < 1.29 is 4.79 Å². The molecule has 1 rings (SSSR count). The minimum atomic E-state index is -0.0876. The van der Waals surface area contributed by atoms with Gasteiger partial charge in [0.1, 0.15) is 0 Å². The molecule has 0 aliphatic rings. The Morgan fingerprint density at radius 2 is 2.05 bits per heavy atom. The number of nitrogens with zero attached hydrogens (tertiary/aromatic N) is 1. The second-order valence-corrected chi connectivity index (χ2v) is 4.98. The molecule has 22 heavy (non-hydrogen) atoms. The van der Waals surface area contributed by atoms with Gasteiger partial charge in [-0.15, -0.1) is 24.0 Å². The maximum Gasteiger partial charge on any atom is 0.243 e. The van der Waals surface area contributed by atoms with Crippen LogP contribution in [0.25, 0.3) is 0 Å². The third kappa shape index (κ3) is 7.63. The maximum absolute atomic E-state index is 11.9. The average molecular weight is 418 g/mol. The lowest BCUT2D eigenvalue weighted by molar-refractivity contribution is -0.115. The van der Waals surface area contributed by atoms with Crippen molar-refractivity contribution in [1.29, 1.82) is 0 Å². The summed E-state index contributed by atoms with van der Waals surface area (Å²) in [7, 11) is 1.69. The highest BCUT2D eigenvalue weighted by atomic mass is 127. The van der Waals surface area contributed by atoms with Crippen LogP contribution in [0.1, 0.15) is 32.8 Å². The summed E-state index contributed by atoms with van der Waals surface area (Å²) in [6.07, 6.45) is 1.95. The Balaban J connectivity index is 0.00000441. The zero-order valence-electron chi connectivity index (χ0n) is 13.8. The fraction of sp³-hybridized carbons (Fsp3) is 0.500. The lowest BCUT2D eigenvalue weighted by Gasteiger charge is -2.16. The van der Waals surface area contributed by atoms with Crippen LogP contribution in [0.15, 0.2) is 29.3 Å². The fourth-order valence-corrected chi connectivity index (χ4v) is 1.77. The van der Waals surface area contributed by atoms with Crippen LogP contribution in [0, 0.1) is 0 Å². The van der Waals surface area contributed by atoms with Gasteiger partial charge in [-0.05, 0) is 37.5 Å². The van der Waals surface area contributed by atoms with Crippen LogP contribution in [0.2, 0.25) is 0 Å². The fourth-order valence-electron chi connectivity index (χ4n) is 1.77. The van der Waals surface area contributed by atoms with Crippen molar-refractivity contribution in [2.75, 3.05) is 18.9 Å². The summed E-state index contributed by atoms with van der Waals surface area (Å²) in [5.74, 6) is 0.553. The van der Waals surface area contributed by atoms with Crippen LogP contribution >= 0.6 is 24.0 Å². The van der Waals surface area contributed by atoms with E-state index in [2.05, 4.69) is 41.7 Å². The van der Waals surface area contributed by atoms with Gasteiger partial charge in [0.2, 0.25) is 5.91 Å². The number of hydrogen-bond acceptors (Lipinski definition) is 2. The quantitative estimate of drug-likeness (QED) is 0.378. The summed E-state index contributed by atoms with van der Waals surface area (Å²) < 4.78 is 0. The molecule has 1 amide bonds. The van der Waals surface area contributed by atoms with E-state index in [9.17, 15) is 4.79 Å². The molecule has 1 aromatic carbocycles. The number of carbonyl (C=O) groups is 1. The number of carbonyl (C=O) groups excluding carboxylic acids is 1. The first kappa shape index (κ1) is 20.7. The molecule has 124 valence electrons. The van der Waals surface area contributed by atoms with Gasteiger partial charge in [-0.3, -0.25) is 9.79 Å². The van der Waals surface area contributed by atoms with Crippen LogP contribution in [0.5, 0.6) is 0 Å². The van der Waals surface area contributed by atoms with Gasteiger partial charge in [-0.1, -0.05) is 26.0 Å². The van der Waals surface area contributed by atoms with E-state index in [1.54, 1.807) is 7.05 Å². The number of amides is 1. The molecule has 0 heterocycles. The lowest BCUT2D eigenvalue weighted by Crippen LogP contribution is -2.44. The molecule has 0 aliphatic heterocycles. The van der Waals surface area contributed by atoms with E-state index in [1.807, 2.05) is 24.3 Å². The van der Waals surface area contributed by atoms with Gasteiger partial charge < -0.3 is 16.0 Å². The Morgan fingerprint density at radius 1 is 1.32 bits per heavy atom. The number of rotatable bonds is 6. The zero-order valence-corrected chi connectivity index (χ0v) is 16.1. The molecule has 0 saturated heterocycles. The molecular weight excluding hydrogens is 391 g/mol. The van der Waals surface area contributed by atoms with Crippen LogP contribution < -0.4 is 16.0 Å². The van der Waals surface area contributed by atoms with Crippen molar-refractivity contribution in [2.24, 2.45) is 4.99 Å². The van der Waals surface area contributed by atoms with E-state index in [-0.39, 0.29) is 36.4 Å². The first-order chi connectivity index (χ1) is 10.1. The minimum Gasteiger partial charge on any atom is -0.354 e. The van der Waals surface area contributed by atoms with Crippen LogP contribution in [0.3, 0.4) is 0 Å². The standard InChI is InChI=1S/C16H26N4O.HI/c1-5-12(3)19-16(17-4)18-11-15(21)20-14-9-7-8-13(6-2)10-14;/h7-10,12H,5-6,11H2,1-4H3,(H,20,21)(H2,17,18,19);1H. The number of nitrogens with one attached hydrogen (secondary N) is 3. The molecule has 0 aliphatic carbocycles. The van der Waals surface area contributed by atoms with E-state index >= 15 is 0 Å². The number of anilines is 1. The molecule has 0 spiro atoms. The Bertz CT molecular complexity index is 491. The van der Waals surface area contributed by atoms with Crippen molar-refractivity contribution in [1.82, 2.24) is 10.6 Å². The Hall–Kier alpha value is -1.31. The highest BCUT2D eigenvalue weighted by Gasteiger charge is 2.06. The summed E-state index contributed by atoms with van der Waals surface area (Å²) >= 11 is 0. The molecule has 0 aromatic heterocycles. The molecule has 0 bridgehead atoms. The van der Waals surface area contributed by atoms with E-state index in [0.29, 0.717) is 12.0 Å². The monoisotopic (exact) mass is 418 g/mol. The van der Waals surface area contributed by atoms with Crippen LogP contribution in [0.4, 0.5) is 5.69 Å². The molecule has 0 saturated carbocycles. The topological polar surface area (TPSA) is 65.5 Å². The molecule has 1 unspecified atom stereocenters. The first-order valence-electron chi connectivity index (χ1n) is 7.45. The van der Waals surface area contributed by atoms with Gasteiger partial charge in [-0.2, -0.15) is 0 Å². The van der Waals surface area contributed by atoms with E-state index in [4.69, 9.17) is 0 Å². The summed E-state index contributed by atoms with van der Waals surface area (Å²) in [5, 5.41) is 9.10. The second kappa shape index (κ2) is 11.3. The number of guanidine groups is 1. The molecule has 5 nitrogen and oxygen atoms in total. The predicted molar refractivity (Wildman–Crippen MR) is 104 cm³/mol. The third-order valence-corrected chi connectivity index (χ3v) is 3.25. The van der Waals surface area contributed by atoms with E-state index < -0.39 is 0 Å². The van der Waals surface area contributed by atoms with Crippen molar-refractivity contribution in [3.63, 3.8) is 0 Å². The Morgan fingerprint density at radius 3 is 2.64 bits per heavy atom. The van der Waals surface area contributed by atoms with Crippen molar-refractivity contribution in [3.8, 4) is 0 Å². The Kier molecular flexibility index (Phi) is 10.6. The van der Waals surface area contributed by atoms with Crippen molar-refractivity contribution >= 4 is 41.5 Å². The molecule has 1 aromatic rings. The predicted octanol–water partition coefficient (Wildman–Crippen LogP) is 2.77. The molecular formula is C16H27IN4O. The van der Waals surface area contributed by atoms with Gasteiger partial charge in [0.05, 0.1) is 6.54 Å². The lowest BCUT2D eigenvalue weighted by atomic mass is 10.1. The third-order valence-electron chi connectivity index (χ3n) is 3.25. The van der Waals surface area contributed by atoms with Gasteiger partial charge in [0, 0.05) is 18.8 Å². The SMILES string of the molecule is CCc1cccc(NC(=O)CNC(=NC)NC(C)CC)c1.I. The molecule has 0 fully saturated rings. The van der Waals surface area contributed by atoms with Gasteiger partial charge >= 0.3 is 0 Å². The number of benzene rings is 1. The minimum absolute atomic E-state index is 0. The summed E-state index contributed by atoms with van der Waals surface area (Å²) in [5.41, 5.74) is 2.03. The smallest absolute Gasteiger partial charge is 0.243 e. The van der Waals surface area contributed by atoms with Gasteiger partial charge in [0.15, 0.2) is 5.96 Å². The van der Waals surface area contributed by atoms with Gasteiger partial charge in [0.25, 0.3) is 0 Å².